The molecule has 2 heterocycles. The van der Waals surface area contributed by atoms with Crippen LogP contribution in [0, 0.1) is 6.92 Å². The Hall–Kier alpha value is -0.880. The number of aliphatic hydroxyl groups excluding tert-OH is 1. The lowest BCUT2D eigenvalue weighted by Gasteiger charge is -2.00. The van der Waals surface area contributed by atoms with Crippen molar-refractivity contribution in [1.29, 1.82) is 0 Å². The predicted molar refractivity (Wildman–Crippen MR) is 75.0 cm³/mol. The zero-order valence-corrected chi connectivity index (χ0v) is 12.9. The number of nitrogens with two attached hydrogens (primary N) is 1. The van der Waals surface area contributed by atoms with E-state index in [9.17, 15) is 0 Å². The average Bonchev–Trinajstić information content (AvgIpc) is 2.65. The minimum Gasteiger partial charge on any atom is -1.00 e. The molecule has 0 unspecified atom stereocenters. The smallest absolute Gasteiger partial charge is 0.225 e. The van der Waals surface area contributed by atoms with Gasteiger partial charge < -0.3 is 23.2 Å². The predicted octanol–water partition coefficient (Wildman–Crippen LogP) is -1.67. The van der Waals surface area contributed by atoms with Crippen molar-refractivity contribution in [3.8, 4) is 0 Å². The number of thiazole rings is 1. The first kappa shape index (κ1) is 18.1. The van der Waals surface area contributed by atoms with Gasteiger partial charge in [-0.15, -0.1) is 12.4 Å². The molecule has 0 saturated heterocycles. The molecular formula is C12H17Cl2N3OS. The maximum absolute atomic E-state index is 8.95. The van der Waals surface area contributed by atoms with Crippen molar-refractivity contribution in [3.05, 3.63) is 40.0 Å². The molecule has 0 aliphatic heterocycles. The van der Waals surface area contributed by atoms with Crippen LogP contribution >= 0.6 is 23.7 Å². The number of nitrogen functional groups attached to an aromatic ring is 1. The lowest BCUT2D eigenvalue weighted by molar-refractivity contribution is -0.689. The SMILES string of the molecule is Cc1c(CCO)sc[n+]1Cc1cccnc1N.Cl.[Cl-]. The quantitative estimate of drug-likeness (QED) is 0.662. The van der Waals surface area contributed by atoms with E-state index in [0.29, 0.717) is 12.2 Å². The lowest BCUT2D eigenvalue weighted by atomic mass is 10.2. The van der Waals surface area contributed by atoms with Gasteiger partial charge >= 0.3 is 0 Å². The molecule has 0 saturated carbocycles. The minimum atomic E-state index is 0. The number of aliphatic hydroxyl groups is 1. The second-order valence-corrected chi connectivity index (χ2v) is 4.82. The van der Waals surface area contributed by atoms with E-state index < -0.39 is 0 Å². The first-order valence-electron chi connectivity index (χ1n) is 5.49. The van der Waals surface area contributed by atoms with Crippen LogP contribution in [0.4, 0.5) is 5.82 Å². The molecule has 19 heavy (non-hydrogen) atoms. The zero-order valence-electron chi connectivity index (χ0n) is 10.5. The molecule has 4 nitrogen and oxygen atoms in total. The fourth-order valence-corrected chi connectivity index (χ4v) is 2.70. The summed E-state index contributed by atoms with van der Waals surface area (Å²) in [6.07, 6.45) is 2.41. The van der Waals surface area contributed by atoms with Crippen molar-refractivity contribution >= 4 is 29.6 Å². The van der Waals surface area contributed by atoms with Gasteiger partial charge in [0.15, 0.2) is 12.2 Å². The molecule has 0 fully saturated rings. The molecular weight excluding hydrogens is 305 g/mol. The van der Waals surface area contributed by atoms with Crippen LogP contribution in [0.3, 0.4) is 0 Å². The van der Waals surface area contributed by atoms with E-state index in [0.717, 1.165) is 12.1 Å². The van der Waals surface area contributed by atoms with Gasteiger partial charge in [0.25, 0.3) is 0 Å². The minimum absolute atomic E-state index is 0. The standard InChI is InChI=1S/C12H16N3OS.2ClH/c1-9-11(4-6-16)17-8-15(9)7-10-3-2-5-14-12(10)13;;/h2-3,5,8,16H,4,6-7H2,1H3,(H2,13,14);2*1H/q+1;;/p-1. The van der Waals surface area contributed by atoms with E-state index >= 15 is 0 Å². The highest BCUT2D eigenvalue weighted by Crippen LogP contribution is 2.13. The largest absolute Gasteiger partial charge is 1.00 e. The highest BCUT2D eigenvalue weighted by Gasteiger charge is 2.16. The van der Waals surface area contributed by atoms with Gasteiger partial charge in [-0.25, -0.2) is 4.98 Å². The van der Waals surface area contributed by atoms with Gasteiger partial charge in [0.1, 0.15) is 5.82 Å². The fourth-order valence-electron chi connectivity index (χ4n) is 1.72. The first-order valence-corrected chi connectivity index (χ1v) is 6.37. The number of hydrogen-bond acceptors (Lipinski definition) is 4. The maximum atomic E-state index is 8.95. The van der Waals surface area contributed by atoms with Crippen LogP contribution in [-0.2, 0) is 13.0 Å². The van der Waals surface area contributed by atoms with Crippen molar-refractivity contribution in [2.45, 2.75) is 19.9 Å². The lowest BCUT2D eigenvalue weighted by Crippen LogP contribution is -3.00. The summed E-state index contributed by atoms with van der Waals surface area (Å²) in [5.41, 5.74) is 10.1. The van der Waals surface area contributed by atoms with Gasteiger partial charge in [-0.3, -0.25) is 0 Å². The summed E-state index contributed by atoms with van der Waals surface area (Å²) in [6.45, 7) is 2.98. The summed E-state index contributed by atoms with van der Waals surface area (Å²) in [5.74, 6) is 0.578. The first-order chi connectivity index (χ1) is 8.22. The van der Waals surface area contributed by atoms with Crippen LogP contribution < -0.4 is 22.7 Å². The number of pyridine rings is 1. The number of halogens is 2. The topological polar surface area (TPSA) is 63.0 Å². The molecule has 0 radical (unpaired) electrons. The Balaban J connectivity index is 0.00000162. The second-order valence-electron chi connectivity index (χ2n) is 3.88. The summed E-state index contributed by atoms with van der Waals surface area (Å²) in [7, 11) is 0. The third-order valence-electron chi connectivity index (χ3n) is 2.76. The number of nitrogens with zero attached hydrogens (tertiary/aromatic N) is 2. The van der Waals surface area contributed by atoms with Crippen LogP contribution in [0.5, 0.6) is 0 Å². The highest BCUT2D eigenvalue weighted by atomic mass is 35.5. The third-order valence-corrected chi connectivity index (χ3v) is 3.91. The summed E-state index contributed by atoms with van der Waals surface area (Å²) >= 11 is 1.67. The zero-order chi connectivity index (χ0) is 12.3. The van der Waals surface area contributed by atoms with Gasteiger partial charge in [-0.1, -0.05) is 11.3 Å². The van der Waals surface area contributed by atoms with E-state index in [1.807, 2.05) is 12.1 Å². The Morgan fingerprint density at radius 2 is 2.21 bits per heavy atom. The number of anilines is 1. The third kappa shape index (κ3) is 4.31. The summed E-state index contributed by atoms with van der Waals surface area (Å²) in [6, 6.07) is 3.88. The van der Waals surface area contributed by atoms with Crippen molar-refractivity contribution in [2.75, 3.05) is 12.3 Å². The molecule has 0 atom stereocenters. The summed E-state index contributed by atoms with van der Waals surface area (Å²) in [4.78, 5) is 5.29. The molecule has 0 aliphatic carbocycles. The van der Waals surface area contributed by atoms with Crippen LogP contribution in [-0.4, -0.2) is 16.7 Å². The molecule has 3 N–H and O–H groups in total. The van der Waals surface area contributed by atoms with Crippen molar-refractivity contribution in [3.63, 3.8) is 0 Å². The Kier molecular flexibility index (Phi) is 7.94. The molecule has 0 aliphatic rings. The Bertz CT molecular complexity index is 519. The molecule has 0 aromatic carbocycles. The highest BCUT2D eigenvalue weighted by molar-refractivity contribution is 7.09. The van der Waals surface area contributed by atoms with Crippen LogP contribution in [0.15, 0.2) is 23.8 Å². The molecule has 0 amide bonds. The average molecular weight is 322 g/mol. The van der Waals surface area contributed by atoms with Crippen LogP contribution in [0.1, 0.15) is 16.1 Å². The van der Waals surface area contributed by atoms with E-state index in [4.69, 9.17) is 10.8 Å². The van der Waals surface area contributed by atoms with E-state index in [1.54, 1.807) is 17.5 Å². The molecule has 7 heteroatoms. The Morgan fingerprint density at radius 3 is 2.84 bits per heavy atom. The van der Waals surface area contributed by atoms with Gasteiger partial charge in [-0.05, 0) is 12.1 Å². The maximum Gasteiger partial charge on any atom is 0.225 e. The molecule has 0 bridgehead atoms. The van der Waals surface area contributed by atoms with E-state index in [1.165, 1.54) is 10.6 Å². The number of rotatable bonds is 4. The molecule has 2 aromatic rings. The molecule has 2 rings (SSSR count). The van der Waals surface area contributed by atoms with Crippen molar-refractivity contribution in [1.82, 2.24) is 4.98 Å². The van der Waals surface area contributed by atoms with Gasteiger partial charge in [-0.2, -0.15) is 4.57 Å². The molecule has 0 spiro atoms. The van der Waals surface area contributed by atoms with Gasteiger partial charge in [0.05, 0.1) is 10.4 Å². The summed E-state index contributed by atoms with van der Waals surface area (Å²) in [5, 5.41) is 8.95. The van der Waals surface area contributed by atoms with Gasteiger partial charge in [0.2, 0.25) is 5.51 Å². The van der Waals surface area contributed by atoms with E-state index in [2.05, 4.69) is 22.0 Å². The normalized spacial score (nSPS) is 9.58. The molecule has 2 aromatic heterocycles. The van der Waals surface area contributed by atoms with E-state index in [-0.39, 0.29) is 31.4 Å². The van der Waals surface area contributed by atoms with Gasteiger partial charge in [0, 0.05) is 26.1 Å². The van der Waals surface area contributed by atoms with Crippen molar-refractivity contribution < 1.29 is 22.1 Å². The summed E-state index contributed by atoms with van der Waals surface area (Å²) < 4.78 is 2.14. The second kappa shape index (κ2) is 8.32. The Morgan fingerprint density at radius 1 is 1.47 bits per heavy atom. The fraction of sp³-hybridized carbons (Fsp3) is 0.333. The van der Waals surface area contributed by atoms with Crippen molar-refractivity contribution in [2.24, 2.45) is 0 Å². The number of hydrogen-bond donors (Lipinski definition) is 2. The molecule has 106 valence electrons. The Labute approximate surface area is 129 Å². The van der Waals surface area contributed by atoms with Crippen LogP contribution in [0.25, 0.3) is 0 Å². The monoisotopic (exact) mass is 321 g/mol. The number of aromatic nitrogens is 2. The van der Waals surface area contributed by atoms with Crippen LogP contribution in [0.2, 0.25) is 0 Å².